The van der Waals surface area contributed by atoms with Crippen molar-refractivity contribution in [2.24, 2.45) is 7.05 Å². The first-order valence-electron chi connectivity index (χ1n) is 6.99. The second-order valence-electron chi connectivity index (χ2n) is 5.51. The third kappa shape index (κ3) is 3.10. The van der Waals surface area contributed by atoms with Gasteiger partial charge in [0.15, 0.2) is 11.8 Å². The SMILES string of the molecule is Cn1nc(C(F)(F)F)cc1CC(=O)N1CCC2OC(=O)OC2C1. The van der Waals surface area contributed by atoms with E-state index >= 15 is 0 Å². The molecule has 2 saturated heterocycles. The zero-order valence-electron chi connectivity index (χ0n) is 12.2. The predicted octanol–water partition coefficient (Wildman–Crippen LogP) is 1.12. The summed E-state index contributed by atoms with van der Waals surface area (Å²) in [6, 6.07) is 0.864. The second kappa shape index (κ2) is 5.43. The third-order valence-electron chi connectivity index (χ3n) is 3.95. The summed E-state index contributed by atoms with van der Waals surface area (Å²) in [6.07, 6.45) is -5.94. The van der Waals surface area contributed by atoms with Crippen LogP contribution in [-0.2, 0) is 33.9 Å². The van der Waals surface area contributed by atoms with Crippen molar-refractivity contribution >= 4 is 12.1 Å². The van der Waals surface area contributed by atoms with Crippen LogP contribution in [0.3, 0.4) is 0 Å². The van der Waals surface area contributed by atoms with Gasteiger partial charge in [-0.2, -0.15) is 18.3 Å². The van der Waals surface area contributed by atoms with Crippen LogP contribution in [0.4, 0.5) is 18.0 Å². The van der Waals surface area contributed by atoms with Gasteiger partial charge in [-0.1, -0.05) is 0 Å². The molecule has 0 N–H and O–H groups in total. The minimum atomic E-state index is -4.55. The van der Waals surface area contributed by atoms with Crippen LogP contribution in [0.5, 0.6) is 0 Å². The number of rotatable bonds is 2. The number of amides is 1. The van der Waals surface area contributed by atoms with Gasteiger partial charge in [-0.15, -0.1) is 0 Å². The number of piperidine rings is 1. The van der Waals surface area contributed by atoms with Gasteiger partial charge in [0, 0.05) is 25.7 Å². The first kappa shape index (κ1) is 15.6. The molecule has 3 rings (SSSR count). The highest BCUT2D eigenvalue weighted by Gasteiger charge is 2.42. The van der Waals surface area contributed by atoms with Crippen molar-refractivity contribution in [3.63, 3.8) is 0 Å². The summed E-state index contributed by atoms with van der Waals surface area (Å²) in [4.78, 5) is 24.8. The van der Waals surface area contributed by atoms with E-state index in [0.29, 0.717) is 13.0 Å². The zero-order chi connectivity index (χ0) is 16.8. The van der Waals surface area contributed by atoms with Gasteiger partial charge in [-0.25, -0.2) is 4.79 Å². The maximum atomic E-state index is 12.6. The Morgan fingerprint density at radius 2 is 2.09 bits per heavy atom. The fourth-order valence-electron chi connectivity index (χ4n) is 2.72. The van der Waals surface area contributed by atoms with Crippen LogP contribution >= 0.6 is 0 Å². The number of likely N-dealkylation sites (tertiary alicyclic amines) is 1. The Balaban J connectivity index is 1.66. The molecule has 2 fully saturated rings. The summed E-state index contributed by atoms with van der Waals surface area (Å²) in [7, 11) is 1.36. The Labute approximate surface area is 128 Å². The molecule has 3 heterocycles. The van der Waals surface area contributed by atoms with Gasteiger partial charge < -0.3 is 14.4 Å². The quantitative estimate of drug-likeness (QED) is 0.758. The Morgan fingerprint density at radius 3 is 2.74 bits per heavy atom. The molecule has 2 atom stereocenters. The second-order valence-corrected chi connectivity index (χ2v) is 5.51. The number of halogens is 3. The number of carbonyl (C=O) groups excluding carboxylic acids is 2. The van der Waals surface area contributed by atoms with E-state index in [-0.39, 0.29) is 30.7 Å². The third-order valence-corrected chi connectivity index (χ3v) is 3.95. The van der Waals surface area contributed by atoms with E-state index in [2.05, 4.69) is 5.10 Å². The van der Waals surface area contributed by atoms with Gasteiger partial charge in [-0.3, -0.25) is 9.48 Å². The minimum absolute atomic E-state index is 0.170. The average molecular weight is 333 g/mol. The largest absolute Gasteiger partial charge is 0.509 e. The maximum absolute atomic E-state index is 12.6. The highest BCUT2D eigenvalue weighted by Crippen LogP contribution is 2.29. The number of hydrogen-bond acceptors (Lipinski definition) is 5. The van der Waals surface area contributed by atoms with Crippen LogP contribution in [-0.4, -0.2) is 52.0 Å². The summed E-state index contributed by atoms with van der Waals surface area (Å²) in [5.41, 5.74) is -0.858. The number of aryl methyl sites for hydroxylation is 1. The molecular formula is C13H14F3N3O4. The Kier molecular flexibility index (Phi) is 3.69. The standard InChI is InChI=1S/C13H14F3N3O4/c1-18-7(4-10(17-18)13(14,15)16)5-11(20)19-3-2-8-9(6-19)23-12(21)22-8/h4,8-9H,2-3,5-6H2,1H3. The molecule has 2 aliphatic heterocycles. The fourth-order valence-corrected chi connectivity index (χ4v) is 2.72. The van der Waals surface area contributed by atoms with Gasteiger partial charge in [-0.05, 0) is 6.07 Å². The van der Waals surface area contributed by atoms with E-state index in [1.807, 2.05) is 0 Å². The molecule has 2 unspecified atom stereocenters. The lowest BCUT2D eigenvalue weighted by Gasteiger charge is -2.31. The van der Waals surface area contributed by atoms with E-state index in [0.717, 1.165) is 10.7 Å². The number of aromatic nitrogens is 2. The van der Waals surface area contributed by atoms with Gasteiger partial charge >= 0.3 is 12.3 Å². The van der Waals surface area contributed by atoms with Crippen molar-refractivity contribution in [2.45, 2.75) is 31.2 Å². The summed E-state index contributed by atoms with van der Waals surface area (Å²) in [6.45, 7) is 0.542. The van der Waals surface area contributed by atoms with Crippen molar-refractivity contribution in [1.82, 2.24) is 14.7 Å². The van der Waals surface area contributed by atoms with Crippen LogP contribution < -0.4 is 0 Å². The number of nitrogens with zero attached hydrogens (tertiary/aromatic N) is 3. The molecule has 23 heavy (non-hydrogen) atoms. The summed E-state index contributed by atoms with van der Waals surface area (Å²) in [5, 5.41) is 3.37. The van der Waals surface area contributed by atoms with E-state index in [1.165, 1.54) is 11.9 Å². The first-order chi connectivity index (χ1) is 10.7. The summed E-state index contributed by atoms with van der Waals surface area (Å²) < 4.78 is 48.8. The van der Waals surface area contributed by atoms with Crippen molar-refractivity contribution in [2.75, 3.05) is 13.1 Å². The van der Waals surface area contributed by atoms with Crippen molar-refractivity contribution < 1.29 is 32.2 Å². The number of hydrogen-bond donors (Lipinski definition) is 0. The minimum Gasteiger partial charge on any atom is -0.427 e. The number of fused-ring (bicyclic) bond motifs is 1. The molecule has 1 aromatic rings. The van der Waals surface area contributed by atoms with Crippen molar-refractivity contribution in [3.05, 3.63) is 17.5 Å². The Bertz CT molecular complexity index is 643. The lowest BCUT2D eigenvalue weighted by Crippen LogP contribution is -2.48. The molecule has 0 bridgehead atoms. The molecule has 126 valence electrons. The number of ether oxygens (including phenoxy) is 2. The zero-order valence-corrected chi connectivity index (χ0v) is 12.2. The van der Waals surface area contributed by atoms with E-state index in [1.54, 1.807) is 0 Å². The molecule has 0 spiro atoms. The monoisotopic (exact) mass is 333 g/mol. The smallest absolute Gasteiger partial charge is 0.427 e. The first-order valence-corrected chi connectivity index (χ1v) is 6.99. The van der Waals surface area contributed by atoms with Crippen molar-refractivity contribution in [1.29, 1.82) is 0 Å². The lowest BCUT2D eigenvalue weighted by atomic mass is 10.0. The molecule has 0 saturated carbocycles. The topological polar surface area (TPSA) is 73.7 Å². The van der Waals surface area contributed by atoms with Crippen LogP contribution in [0.2, 0.25) is 0 Å². The molecule has 0 aliphatic carbocycles. The van der Waals surface area contributed by atoms with E-state index in [4.69, 9.17) is 9.47 Å². The van der Waals surface area contributed by atoms with Gasteiger partial charge in [0.25, 0.3) is 0 Å². The molecule has 1 amide bonds. The van der Waals surface area contributed by atoms with Crippen LogP contribution in [0, 0.1) is 0 Å². The summed E-state index contributed by atoms with van der Waals surface area (Å²) in [5.74, 6) is -0.344. The molecule has 1 aromatic heterocycles. The molecule has 10 heteroatoms. The summed E-state index contributed by atoms with van der Waals surface area (Å²) >= 11 is 0. The predicted molar refractivity (Wildman–Crippen MR) is 68.3 cm³/mol. The van der Waals surface area contributed by atoms with Gasteiger partial charge in [0.1, 0.15) is 6.10 Å². The molecule has 2 aliphatic rings. The highest BCUT2D eigenvalue weighted by molar-refractivity contribution is 5.78. The number of carbonyl (C=O) groups is 2. The normalized spacial score (nSPS) is 24.2. The molecule has 7 nitrogen and oxygen atoms in total. The Morgan fingerprint density at radius 1 is 1.39 bits per heavy atom. The molecule has 0 radical (unpaired) electrons. The molecular weight excluding hydrogens is 319 g/mol. The van der Waals surface area contributed by atoms with Crippen LogP contribution in [0.15, 0.2) is 6.07 Å². The van der Waals surface area contributed by atoms with E-state index < -0.39 is 24.1 Å². The van der Waals surface area contributed by atoms with E-state index in [9.17, 15) is 22.8 Å². The van der Waals surface area contributed by atoms with Gasteiger partial charge in [0.05, 0.1) is 13.0 Å². The average Bonchev–Trinajstić information content (AvgIpc) is 3.00. The molecule has 0 aromatic carbocycles. The lowest BCUT2D eigenvalue weighted by molar-refractivity contribution is -0.141. The van der Waals surface area contributed by atoms with Crippen LogP contribution in [0.25, 0.3) is 0 Å². The fraction of sp³-hybridized carbons (Fsp3) is 0.615. The van der Waals surface area contributed by atoms with Gasteiger partial charge in [0.2, 0.25) is 5.91 Å². The van der Waals surface area contributed by atoms with Crippen LogP contribution in [0.1, 0.15) is 17.8 Å². The maximum Gasteiger partial charge on any atom is 0.509 e. The highest BCUT2D eigenvalue weighted by atomic mass is 19.4. The Hall–Kier alpha value is -2.26. The number of alkyl halides is 3. The van der Waals surface area contributed by atoms with Crippen molar-refractivity contribution in [3.8, 4) is 0 Å².